The van der Waals surface area contributed by atoms with E-state index in [1.54, 1.807) is 6.07 Å². The van der Waals surface area contributed by atoms with Crippen LogP contribution in [0.15, 0.2) is 24.3 Å². The van der Waals surface area contributed by atoms with E-state index in [9.17, 15) is 18.0 Å². The van der Waals surface area contributed by atoms with Gasteiger partial charge >= 0.3 is 12.5 Å². The van der Waals surface area contributed by atoms with Crippen LogP contribution < -0.4 is 4.74 Å². The van der Waals surface area contributed by atoms with E-state index < -0.39 is 12.5 Å². The Morgan fingerprint density at radius 3 is 2.50 bits per heavy atom. The molecule has 1 saturated heterocycles. The van der Waals surface area contributed by atoms with Crippen molar-refractivity contribution in [3.63, 3.8) is 0 Å². The first-order chi connectivity index (χ1) is 9.35. The van der Waals surface area contributed by atoms with Crippen LogP contribution in [0, 0.1) is 11.8 Å². The molecule has 0 unspecified atom stereocenters. The van der Waals surface area contributed by atoms with Gasteiger partial charge in [-0.2, -0.15) is 0 Å². The Labute approximate surface area is 112 Å². The highest BCUT2D eigenvalue weighted by Gasteiger charge is 2.57. The summed E-state index contributed by atoms with van der Waals surface area (Å²) in [6.45, 7) is 0.907. The zero-order valence-electron chi connectivity index (χ0n) is 10.3. The minimum Gasteiger partial charge on any atom is -0.465 e. The van der Waals surface area contributed by atoms with Gasteiger partial charge in [0.2, 0.25) is 0 Å². The Morgan fingerprint density at radius 1 is 1.30 bits per heavy atom. The average Bonchev–Trinajstić information content (AvgIpc) is 2.82. The third-order valence-corrected chi connectivity index (χ3v) is 3.94. The van der Waals surface area contributed by atoms with Crippen molar-refractivity contribution in [3.8, 4) is 5.75 Å². The molecule has 1 aliphatic carbocycles. The molecule has 1 saturated carbocycles. The van der Waals surface area contributed by atoms with Crippen molar-refractivity contribution in [3.05, 3.63) is 29.8 Å². The molecule has 1 aliphatic heterocycles. The van der Waals surface area contributed by atoms with Crippen molar-refractivity contribution in [2.45, 2.75) is 12.3 Å². The normalized spacial score (nSPS) is 28.1. The summed E-state index contributed by atoms with van der Waals surface area (Å²) >= 11 is 0. The van der Waals surface area contributed by atoms with E-state index in [1.807, 2.05) is 0 Å². The number of hydrogen-bond acceptors (Lipinski definition) is 2. The highest BCUT2D eigenvalue weighted by molar-refractivity contribution is 5.66. The Balaban J connectivity index is 1.69. The number of benzene rings is 1. The summed E-state index contributed by atoms with van der Waals surface area (Å²) in [5.74, 6) is 0.344. The van der Waals surface area contributed by atoms with Crippen LogP contribution in [0.1, 0.15) is 11.5 Å². The molecule has 1 aromatic carbocycles. The van der Waals surface area contributed by atoms with Gasteiger partial charge in [-0.25, -0.2) is 4.79 Å². The number of carbonyl (C=O) groups is 1. The van der Waals surface area contributed by atoms with Gasteiger partial charge in [0.1, 0.15) is 5.75 Å². The van der Waals surface area contributed by atoms with Gasteiger partial charge in [-0.05, 0) is 35.4 Å². The molecular weight excluding hydrogens is 275 g/mol. The van der Waals surface area contributed by atoms with Gasteiger partial charge in [-0.3, -0.25) is 0 Å². The van der Waals surface area contributed by atoms with Crippen molar-refractivity contribution >= 4 is 6.09 Å². The highest BCUT2D eigenvalue weighted by Crippen LogP contribution is 2.58. The number of piperidine rings is 1. The topological polar surface area (TPSA) is 49.8 Å². The number of hydrogen-bond donors (Lipinski definition) is 1. The molecule has 2 fully saturated rings. The van der Waals surface area contributed by atoms with Crippen LogP contribution in [0.4, 0.5) is 18.0 Å². The second-order valence-electron chi connectivity index (χ2n) is 5.16. The van der Waals surface area contributed by atoms with Crippen molar-refractivity contribution in [1.29, 1.82) is 0 Å². The van der Waals surface area contributed by atoms with E-state index in [-0.39, 0.29) is 23.5 Å². The van der Waals surface area contributed by atoms with E-state index in [0.29, 0.717) is 13.1 Å². The maximum Gasteiger partial charge on any atom is 0.573 e. The SMILES string of the molecule is O=C(O)N1C[C@@H]2[C@H](C1)[C@@H]2c1cccc(OC(F)(F)F)c1. The van der Waals surface area contributed by atoms with Gasteiger partial charge < -0.3 is 14.7 Å². The Hall–Kier alpha value is -1.92. The van der Waals surface area contributed by atoms with Crippen LogP contribution in [0.2, 0.25) is 0 Å². The van der Waals surface area contributed by atoms with Crippen LogP contribution in [-0.4, -0.2) is 35.6 Å². The number of carboxylic acid groups (broad SMARTS) is 1. The lowest BCUT2D eigenvalue weighted by molar-refractivity contribution is -0.274. The quantitative estimate of drug-likeness (QED) is 0.910. The van der Waals surface area contributed by atoms with E-state index in [4.69, 9.17) is 5.11 Å². The molecule has 108 valence electrons. The number of alkyl halides is 3. The predicted molar refractivity (Wildman–Crippen MR) is 62.4 cm³/mol. The summed E-state index contributed by atoms with van der Waals surface area (Å²) in [4.78, 5) is 12.2. The second kappa shape index (κ2) is 4.29. The molecule has 0 radical (unpaired) electrons. The van der Waals surface area contributed by atoms with Crippen LogP contribution in [0.3, 0.4) is 0 Å². The third-order valence-electron chi connectivity index (χ3n) is 3.94. The zero-order valence-corrected chi connectivity index (χ0v) is 10.3. The first-order valence-electron chi connectivity index (χ1n) is 6.19. The molecule has 1 heterocycles. The summed E-state index contributed by atoms with van der Waals surface area (Å²) in [5.41, 5.74) is 0.784. The number of halogens is 3. The fourth-order valence-electron chi connectivity index (χ4n) is 3.10. The van der Waals surface area contributed by atoms with Crippen molar-refractivity contribution in [2.24, 2.45) is 11.8 Å². The Kier molecular flexibility index (Phi) is 2.81. The van der Waals surface area contributed by atoms with Crippen LogP contribution in [0.5, 0.6) is 5.75 Å². The smallest absolute Gasteiger partial charge is 0.465 e. The molecule has 20 heavy (non-hydrogen) atoms. The lowest BCUT2D eigenvalue weighted by atomic mass is 10.1. The lowest BCUT2D eigenvalue weighted by Crippen LogP contribution is -2.29. The van der Waals surface area contributed by atoms with Gasteiger partial charge in [0.25, 0.3) is 0 Å². The van der Waals surface area contributed by atoms with E-state index in [2.05, 4.69) is 4.74 Å². The maximum absolute atomic E-state index is 12.2. The zero-order chi connectivity index (χ0) is 14.5. The van der Waals surface area contributed by atoms with Crippen LogP contribution >= 0.6 is 0 Å². The molecule has 3 atom stereocenters. The minimum atomic E-state index is -4.70. The number of amides is 1. The Bertz CT molecular complexity index is 534. The highest BCUT2D eigenvalue weighted by atomic mass is 19.4. The molecule has 0 spiro atoms. The molecular formula is C13H12F3NO3. The van der Waals surface area contributed by atoms with Gasteiger partial charge in [-0.1, -0.05) is 12.1 Å². The average molecular weight is 287 g/mol. The Morgan fingerprint density at radius 2 is 1.95 bits per heavy atom. The molecule has 1 aromatic rings. The summed E-state index contributed by atoms with van der Waals surface area (Å²) < 4.78 is 40.4. The van der Waals surface area contributed by atoms with E-state index in [0.717, 1.165) is 5.56 Å². The molecule has 7 heteroatoms. The van der Waals surface area contributed by atoms with E-state index in [1.165, 1.54) is 23.1 Å². The third kappa shape index (κ3) is 2.39. The molecule has 1 amide bonds. The van der Waals surface area contributed by atoms with Crippen molar-refractivity contribution < 1.29 is 27.8 Å². The predicted octanol–water partition coefficient (Wildman–Crippen LogP) is 2.91. The molecule has 2 aliphatic rings. The van der Waals surface area contributed by atoms with E-state index >= 15 is 0 Å². The van der Waals surface area contributed by atoms with Gasteiger partial charge in [0, 0.05) is 13.1 Å². The monoisotopic (exact) mass is 287 g/mol. The summed E-state index contributed by atoms with van der Waals surface area (Å²) in [6.07, 6.45) is -5.64. The molecule has 0 bridgehead atoms. The molecule has 3 rings (SSSR count). The fourth-order valence-corrected chi connectivity index (χ4v) is 3.10. The fraction of sp³-hybridized carbons (Fsp3) is 0.462. The summed E-state index contributed by atoms with van der Waals surface area (Å²) in [5, 5.41) is 8.86. The number of likely N-dealkylation sites (tertiary alicyclic amines) is 1. The molecule has 0 aromatic heterocycles. The second-order valence-corrected chi connectivity index (χ2v) is 5.16. The van der Waals surface area contributed by atoms with Crippen molar-refractivity contribution in [2.75, 3.05) is 13.1 Å². The molecule has 4 nitrogen and oxygen atoms in total. The number of rotatable bonds is 2. The first-order valence-corrected chi connectivity index (χ1v) is 6.19. The molecule has 1 N–H and O–H groups in total. The largest absolute Gasteiger partial charge is 0.573 e. The lowest BCUT2D eigenvalue weighted by Gasteiger charge is -2.16. The number of fused-ring (bicyclic) bond motifs is 1. The number of nitrogens with zero attached hydrogens (tertiary/aromatic N) is 1. The first kappa shape index (κ1) is 13.1. The van der Waals surface area contributed by atoms with Crippen LogP contribution in [0.25, 0.3) is 0 Å². The summed E-state index contributed by atoms with van der Waals surface area (Å²) in [6, 6.07) is 5.94. The minimum absolute atomic E-state index is 0.141. The van der Waals surface area contributed by atoms with Gasteiger partial charge in [0.05, 0.1) is 0 Å². The standard InChI is InChI=1S/C13H12F3NO3/c14-13(15,16)20-8-3-1-2-7(4-8)11-9-5-17(12(18)19)6-10(9)11/h1-4,9-11H,5-6H2,(H,18,19)/t9-,10+,11-. The van der Waals surface area contributed by atoms with Crippen LogP contribution in [-0.2, 0) is 0 Å². The summed E-state index contributed by atoms with van der Waals surface area (Å²) in [7, 11) is 0. The number of ether oxygens (including phenoxy) is 1. The van der Waals surface area contributed by atoms with Gasteiger partial charge in [0.15, 0.2) is 0 Å². The van der Waals surface area contributed by atoms with Crippen molar-refractivity contribution in [1.82, 2.24) is 4.90 Å². The van der Waals surface area contributed by atoms with Gasteiger partial charge in [-0.15, -0.1) is 13.2 Å². The maximum atomic E-state index is 12.2.